The summed E-state index contributed by atoms with van der Waals surface area (Å²) in [5.41, 5.74) is -1.57. The number of sulfonamides is 1. The molecule has 31 heavy (non-hydrogen) atoms. The summed E-state index contributed by atoms with van der Waals surface area (Å²) in [5, 5.41) is 0.553. The first-order valence-corrected chi connectivity index (χ1v) is 9.42. The molecule has 13 nitrogen and oxygen atoms in total. The Morgan fingerprint density at radius 1 is 1.13 bits per heavy atom. The molecule has 0 atom stereocenters. The number of hydrogen-bond donors (Lipinski definition) is 2. The highest BCUT2D eigenvalue weighted by molar-refractivity contribution is 8.05. The number of halogens is 3. The number of aliphatic imine (C=N–C) groups is 1. The van der Waals surface area contributed by atoms with Crippen LogP contribution in [0.25, 0.3) is 0 Å². The van der Waals surface area contributed by atoms with Crippen molar-refractivity contribution in [1.82, 2.24) is 19.6 Å². The molecule has 170 valence electrons. The molecular formula is C14H15F3N6O7S. The monoisotopic (exact) mass is 468 g/mol. The van der Waals surface area contributed by atoms with Gasteiger partial charge >= 0.3 is 18.3 Å². The van der Waals surface area contributed by atoms with Crippen molar-refractivity contribution in [3.8, 4) is 11.8 Å². The van der Waals surface area contributed by atoms with Gasteiger partial charge in [-0.1, -0.05) is 0 Å². The number of nitrogens with zero attached hydrogens (tertiary/aromatic N) is 4. The molecule has 0 saturated carbocycles. The van der Waals surface area contributed by atoms with Crippen LogP contribution in [0.4, 0.5) is 28.7 Å². The second-order valence-electron chi connectivity index (χ2n) is 5.40. The number of alkyl halides is 3. The minimum Gasteiger partial charge on any atom is -0.481 e. The fourth-order valence-corrected chi connectivity index (χ4v) is 3.12. The van der Waals surface area contributed by atoms with Crippen LogP contribution >= 0.6 is 0 Å². The zero-order valence-electron chi connectivity index (χ0n) is 16.1. The first-order valence-electron chi connectivity index (χ1n) is 7.93. The van der Waals surface area contributed by atoms with Crippen LogP contribution < -0.4 is 19.5 Å². The summed E-state index contributed by atoms with van der Waals surface area (Å²) in [7, 11) is -1.69. The number of carbonyl (C=O) groups is 2. The van der Waals surface area contributed by atoms with Crippen LogP contribution in [0.3, 0.4) is 0 Å². The van der Waals surface area contributed by atoms with E-state index >= 15 is 0 Å². The zero-order chi connectivity index (χ0) is 23.4. The first-order chi connectivity index (χ1) is 14.4. The molecule has 0 aliphatic carbocycles. The lowest BCUT2D eigenvalue weighted by molar-refractivity contribution is -0.0929. The molecular weight excluding hydrogens is 453 g/mol. The summed E-state index contributed by atoms with van der Waals surface area (Å²) in [6, 6.07) is -0.207. The van der Waals surface area contributed by atoms with Gasteiger partial charge in [-0.3, -0.25) is 5.32 Å². The van der Waals surface area contributed by atoms with Gasteiger partial charge in [0.05, 0.1) is 33.9 Å². The summed E-state index contributed by atoms with van der Waals surface area (Å²) in [6.07, 6.45) is -5.84. The minimum atomic E-state index is -5.08. The predicted octanol–water partition coefficient (Wildman–Crippen LogP) is 0.829. The summed E-state index contributed by atoms with van der Waals surface area (Å²) >= 11 is 0. The molecule has 2 N–H and O–H groups in total. The normalized spacial score (nSPS) is 14.2. The molecule has 2 heterocycles. The maximum absolute atomic E-state index is 13.0. The third-order valence-electron chi connectivity index (χ3n) is 3.39. The van der Waals surface area contributed by atoms with E-state index in [-0.39, 0.29) is 16.7 Å². The van der Waals surface area contributed by atoms with Crippen molar-refractivity contribution in [3.05, 3.63) is 17.8 Å². The minimum absolute atomic E-state index is 0.0431. The Balaban J connectivity index is 2.31. The SMILES string of the molecule is COC(=O)N1CC=C(C(F)(F)F)N=C1S(=O)(=O)NC(=O)Nc1nc(OC)cc(OC)n1. The van der Waals surface area contributed by atoms with E-state index in [0.29, 0.717) is 6.08 Å². The van der Waals surface area contributed by atoms with Crippen molar-refractivity contribution in [1.29, 1.82) is 0 Å². The molecule has 2 rings (SSSR count). The van der Waals surface area contributed by atoms with Crippen LogP contribution in [-0.2, 0) is 14.8 Å². The number of rotatable bonds is 3. The van der Waals surface area contributed by atoms with Gasteiger partial charge in [0.25, 0.3) is 15.2 Å². The van der Waals surface area contributed by atoms with Crippen LogP contribution in [-0.4, -0.2) is 74.6 Å². The standard InChI is InChI=1S/C14H15F3N6O7S/c1-28-8-6-9(29-2)20-10(19-8)21-11(24)22-31(26,27)12-18-7(14(15,16)17)4-5-23(12)13(25)30-3/h4,6H,5H2,1-3H3,(H2,19,20,21,22,24). The number of amidine groups is 1. The molecule has 3 amide bonds. The van der Waals surface area contributed by atoms with Crippen molar-refractivity contribution in [2.24, 2.45) is 4.99 Å². The van der Waals surface area contributed by atoms with Gasteiger partial charge in [-0.05, 0) is 6.08 Å². The topological polar surface area (TPSA) is 161 Å². The number of hydrogen-bond acceptors (Lipinski definition) is 10. The molecule has 1 aliphatic rings. The fraction of sp³-hybridized carbons (Fsp3) is 0.357. The molecule has 17 heteroatoms. The third-order valence-corrected chi connectivity index (χ3v) is 4.64. The molecule has 1 aliphatic heterocycles. The summed E-state index contributed by atoms with van der Waals surface area (Å²) < 4.78 is 79.4. The largest absolute Gasteiger partial charge is 0.481 e. The fourth-order valence-electron chi connectivity index (χ4n) is 2.08. The van der Waals surface area contributed by atoms with Crippen LogP contribution in [0.5, 0.6) is 11.8 Å². The molecule has 0 saturated heterocycles. The Kier molecular flexibility index (Phi) is 6.88. The Bertz CT molecular complexity index is 1020. The van der Waals surface area contributed by atoms with Gasteiger partial charge in [-0.25, -0.2) is 24.2 Å². The molecule has 0 spiro atoms. The van der Waals surface area contributed by atoms with Crippen LogP contribution in [0, 0.1) is 0 Å². The molecule has 1 aromatic heterocycles. The van der Waals surface area contributed by atoms with Gasteiger partial charge in [-0.2, -0.15) is 31.6 Å². The van der Waals surface area contributed by atoms with E-state index in [1.54, 1.807) is 0 Å². The number of amides is 3. The van der Waals surface area contributed by atoms with Gasteiger partial charge in [-0.15, -0.1) is 0 Å². The van der Waals surface area contributed by atoms with Crippen LogP contribution in [0.2, 0.25) is 0 Å². The third kappa shape index (κ3) is 5.71. The highest BCUT2D eigenvalue weighted by atomic mass is 32.2. The smallest absolute Gasteiger partial charge is 0.433 e. The number of aromatic nitrogens is 2. The van der Waals surface area contributed by atoms with Crippen molar-refractivity contribution in [2.75, 3.05) is 33.2 Å². The van der Waals surface area contributed by atoms with Crippen molar-refractivity contribution < 1.29 is 45.4 Å². The van der Waals surface area contributed by atoms with Gasteiger partial charge in [0, 0.05) is 0 Å². The average molecular weight is 468 g/mol. The van der Waals surface area contributed by atoms with Gasteiger partial charge in [0.2, 0.25) is 17.7 Å². The van der Waals surface area contributed by atoms with E-state index in [1.807, 2.05) is 5.32 Å². The summed E-state index contributed by atoms with van der Waals surface area (Å²) in [6.45, 7) is -0.820. The highest BCUT2D eigenvalue weighted by Crippen LogP contribution is 2.29. The molecule has 0 bridgehead atoms. The summed E-state index contributed by atoms with van der Waals surface area (Å²) in [4.78, 5) is 34.6. The number of nitrogens with one attached hydrogen (secondary N) is 2. The Morgan fingerprint density at radius 2 is 1.71 bits per heavy atom. The second-order valence-corrected chi connectivity index (χ2v) is 6.97. The van der Waals surface area contributed by atoms with Crippen LogP contribution in [0.15, 0.2) is 22.8 Å². The van der Waals surface area contributed by atoms with Crippen molar-refractivity contribution in [3.63, 3.8) is 0 Å². The lowest BCUT2D eigenvalue weighted by Crippen LogP contribution is -2.49. The average Bonchev–Trinajstić information content (AvgIpc) is 2.71. The van der Waals surface area contributed by atoms with Gasteiger partial charge in [0.15, 0.2) is 0 Å². The Morgan fingerprint density at radius 3 is 2.19 bits per heavy atom. The zero-order valence-corrected chi connectivity index (χ0v) is 16.9. The predicted molar refractivity (Wildman–Crippen MR) is 96.9 cm³/mol. The van der Waals surface area contributed by atoms with E-state index < -0.39 is 51.7 Å². The number of methoxy groups -OCH3 is 3. The first kappa shape index (κ1) is 23.6. The quantitative estimate of drug-likeness (QED) is 0.654. The van der Waals surface area contributed by atoms with E-state index in [0.717, 1.165) is 7.11 Å². The number of allylic oxidation sites excluding steroid dienone is 1. The van der Waals surface area contributed by atoms with E-state index in [1.165, 1.54) is 25.0 Å². The Hall–Kier alpha value is -3.63. The number of anilines is 1. The molecule has 0 fully saturated rings. The maximum Gasteiger partial charge on any atom is 0.433 e. The molecule has 0 radical (unpaired) electrons. The maximum atomic E-state index is 13.0. The highest BCUT2D eigenvalue weighted by Gasteiger charge is 2.41. The van der Waals surface area contributed by atoms with Gasteiger partial charge in [0.1, 0.15) is 5.70 Å². The van der Waals surface area contributed by atoms with E-state index in [4.69, 9.17) is 9.47 Å². The number of ether oxygens (including phenoxy) is 3. The van der Waals surface area contributed by atoms with Crippen LogP contribution in [0.1, 0.15) is 0 Å². The molecule has 0 unspecified atom stereocenters. The van der Waals surface area contributed by atoms with Crippen molar-refractivity contribution in [2.45, 2.75) is 6.18 Å². The summed E-state index contributed by atoms with van der Waals surface area (Å²) in [5.74, 6) is -0.535. The molecule has 1 aromatic rings. The molecule has 0 aromatic carbocycles. The Labute approximate surface area is 173 Å². The lowest BCUT2D eigenvalue weighted by Gasteiger charge is -2.25. The van der Waals surface area contributed by atoms with E-state index in [9.17, 15) is 31.2 Å². The number of urea groups is 1. The van der Waals surface area contributed by atoms with E-state index in [2.05, 4.69) is 19.7 Å². The van der Waals surface area contributed by atoms with Crippen molar-refractivity contribution >= 4 is 33.3 Å². The number of carbonyl (C=O) groups excluding carboxylic acids is 2. The second kappa shape index (κ2) is 9.02. The lowest BCUT2D eigenvalue weighted by atomic mass is 10.3. The van der Waals surface area contributed by atoms with Gasteiger partial charge < -0.3 is 14.2 Å².